The Labute approximate surface area is 189 Å². The highest BCUT2D eigenvalue weighted by Crippen LogP contribution is 2.12. The predicted octanol–water partition coefficient (Wildman–Crippen LogP) is 7.26. The molecule has 0 radical (unpaired) electrons. The molecule has 0 unspecified atom stereocenters. The van der Waals surface area contributed by atoms with Gasteiger partial charge in [-0.05, 0) is 0 Å². The maximum Gasteiger partial charge on any atom is 0.327 e. The summed E-state index contributed by atoms with van der Waals surface area (Å²) >= 11 is 0. The SMILES string of the molecule is C=CC(=O)O.C=CC(=O)O.C=CC(=O)O.CCCCCCCCCCCCCCCC. The van der Waals surface area contributed by atoms with Gasteiger partial charge in [0.1, 0.15) is 0 Å². The molecule has 0 amide bonds. The van der Waals surface area contributed by atoms with Gasteiger partial charge in [-0.2, -0.15) is 0 Å². The van der Waals surface area contributed by atoms with Crippen LogP contribution in [-0.2, 0) is 14.4 Å². The Bertz CT molecular complexity index is 386. The van der Waals surface area contributed by atoms with Crippen molar-refractivity contribution in [2.24, 2.45) is 0 Å². The van der Waals surface area contributed by atoms with Crippen molar-refractivity contribution in [2.75, 3.05) is 0 Å². The topological polar surface area (TPSA) is 112 Å². The first kappa shape index (κ1) is 36.0. The molecule has 0 atom stereocenters. The Morgan fingerprint density at radius 3 is 0.710 bits per heavy atom. The highest BCUT2D eigenvalue weighted by atomic mass is 16.4. The number of carbonyl (C=O) groups is 3. The van der Waals surface area contributed by atoms with Gasteiger partial charge in [-0.15, -0.1) is 0 Å². The molecule has 0 spiro atoms. The number of hydrogen-bond donors (Lipinski definition) is 3. The highest BCUT2D eigenvalue weighted by Gasteiger charge is 1.92. The standard InChI is InChI=1S/C16H34.3C3H4O2/c1-3-5-7-9-11-13-15-16-14-12-10-8-6-4-2;3*1-2-3(4)5/h3-16H2,1-2H3;3*2H,1H2,(H,4,5). The summed E-state index contributed by atoms with van der Waals surface area (Å²) in [4.78, 5) is 27.8. The molecule has 6 heteroatoms. The molecule has 0 heterocycles. The normalized spacial score (nSPS) is 8.71. The lowest BCUT2D eigenvalue weighted by Crippen LogP contribution is -1.82. The lowest BCUT2D eigenvalue weighted by molar-refractivity contribution is -0.132. The van der Waals surface area contributed by atoms with Crippen molar-refractivity contribution in [1.29, 1.82) is 0 Å². The Kier molecular flexibility index (Phi) is 40.8. The van der Waals surface area contributed by atoms with Crippen molar-refractivity contribution in [2.45, 2.75) is 104 Å². The number of carboxylic acids is 3. The van der Waals surface area contributed by atoms with E-state index in [9.17, 15) is 14.4 Å². The van der Waals surface area contributed by atoms with Gasteiger partial charge in [-0.3, -0.25) is 0 Å². The Balaban J connectivity index is -0.000000197. The van der Waals surface area contributed by atoms with Crippen LogP contribution in [0.3, 0.4) is 0 Å². The molecular formula is C25H46O6. The van der Waals surface area contributed by atoms with E-state index in [-0.39, 0.29) is 0 Å². The first-order valence-electron chi connectivity index (χ1n) is 11.3. The van der Waals surface area contributed by atoms with Gasteiger partial charge in [0.2, 0.25) is 0 Å². The third kappa shape index (κ3) is 65.6. The summed E-state index contributed by atoms with van der Waals surface area (Å²) in [5.74, 6) is -2.94. The van der Waals surface area contributed by atoms with Gasteiger partial charge < -0.3 is 15.3 Å². The predicted molar refractivity (Wildman–Crippen MR) is 129 cm³/mol. The molecule has 0 aliphatic heterocycles. The highest BCUT2D eigenvalue weighted by molar-refractivity contribution is 5.79. The second-order valence-corrected chi connectivity index (χ2v) is 6.87. The maximum absolute atomic E-state index is 9.25. The van der Waals surface area contributed by atoms with Crippen LogP contribution in [0.1, 0.15) is 104 Å². The zero-order chi connectivity index (χ0) is 24.8. The molecule has 0 fully saturated rings. The third-order valence-electron chi connectivity index (χ3n) is 3.98. The zero-order valence-corrected chi connectivity index (χ0v) is 19.8. The Morgan fingerprint density at radius 1 is 0.484 bits per heavy atom. The Morgan fingerprint density at radius 2 is 0.613 bits per heavy atom. The molecule has 182 valence electrons. The van der Waals surface area contributed by atoms with Crippen LogP contribution in [0.2, 0.25) is 0 Å². The van der Waals surface area contributed by atoms with E-state index in [0.717, 1.165) is 18.2 Å². The summed E-state index contributed by atoms with van der Waals surface area (Å²) in [6.45, 7) is 13.5. The van der Waals surface area contributed by atoms with Gasteiger partial charge in [-0.25, -0.2) is 14.4 Å². The van der Waals surface area contributed by atoms with E-state index in [1.54, 1.807) is 0 Å². The average Bonchev–Trinajstić information content (AvgIpc) is 2.75. The number of aliphatic carboxylic acids is 3. The smallest absolute Gasteiger partial charge is 0.327 e. The minimum atomic E-state index is -0.981. The van der Waals surface area contributed by atoms with Crippen LogP contribution >= 0.6 is 0 Å². The van der Waals surface area contributed by atoms with Crippen LogP contribution in [0.25, 0.3) is 0 Å². The largest absolute Gasteiger partial charge is 0.478 e. The van der Waals surface area contributed by atoms with Gasteiger partial charge in [0.15, 0.2) is 0 Å². The molecular weight excluding hydrogens is 396 g/mol. The summed E-state index contributed by atoms with van der Waals surface area (Å²) in [6.07, 6.45) is 22.9. The monoisotopic (exact) mass is 442 g/mol. The fraction of sp³-hybridized carbons (Fsp3) is 0.640. The summed E-state index contributed by atoms with van der Waals surface area (Å²) < 4.78 is 0. The average molecular weight is 443 g/mol. The van der Waals surface area contributed by atoms with E-state index in [1.807, 2.05) is 0 Å². The minimum Gasteiger partial charge on any atom is -0.478 e. The van der Waals surface area contributed by atoms with Crippen molar-refractivity contribution in [1.82, 2.24) is 0 Å². The van der Waals surface area contributed by atoms with E-state index in [4.69, 9.17) is 15.3 Å². The van der Waals surface area contributed by atoms with E-state index in [1.165, 1.54) is 89.9 Å². The molecule has 3 N–H and O–H groups in total. The summed E-state index contributed by atoms with van der Waals surface area (Å²) in [7, 11) is 0. The number of unbranched alkanes of at least 4 members (excludes halogenated alkanes) is 13. The van der Waals surface area contributed by atoms with Crippen LogP contribution in [0.4, 0.5) is 0 Å². The fourth-order valence-electron chi connectivity index (χ4n) is 2.27. The second kappa shape index (κ2) is 35.1. The van der Waals surface area contributed by atoms with Gasteiger partial charge in [0.25, 0.3) is 0 Å². The summed E-state index contributed by atoms with van der Waals surface area (Å²) in [6, 6.07) is 0. The molecule has 0 aromatic heterocycles. The molecule has 0 bridgehead atoms. The molecule has 31 heavy (non-hydrogen) atoms. The first-order valence-corrected chi connectivity index (χ1v) is 11.3. The van der Waals surface area contributed by atoms with Crippen molar-refractivity contribution in [3.63, 3.8) is 0 Å². The van der Waals surface area contributed by atoms with E-state index >= 15 is 0 Å². The van der Waals surface area contributed by atoms with Crippen LogP contribution in [0.5, 0.6) is 0 Å². The molecule has 0 aliphatic rings. The molecule has 0 saturated carbocycles. The van der Waals surface area contributed by atoms with Gasteiger partial charge in [0, 0.05) is 18.2 Å². The van der Waals surface area contributed by atoms with E-state index in [0.29, 0.717) is 0 Å². The third-order valence-corrected chi connectivity index (χ3v) is 3.98. The van der Waals surface area contributed by atoms with Crippen LogP contribution in [0.15, 0.2) is 38.0 Å². The fourth-order valence-corrected chi connectivity index (χ4v) is 2.27. The first-order chi connectivity index (χ1) is 14.7. The van der Waals surface area contributed by atoms with Crippen molar-refractivity contribution in [3.05, 3.63) is 38.0 Å². The number of hydrogen-bond acceptors (Lipinski definition) is 3. The van der Waals surface area contributed by atoms with Crippen LogP contribution in [-0.4, -0.2) is 33.2 Å². The van der Waals surface area contributed by atoms with Crippen molar-refractivity contribution in [3.8, 4) is 0 Å². The van der Waals surface area contributed by atoms with Crippen molar-refractivity contribution < 1.29 is 29.7 Å². The van der Waals surface area contributed by atoms with Gasteiger partial charge >= 0.3 is 17.9 Å². The Hall–Kier alpha value is -2.37. The van der Waals surface area contributed by atoms with Crippen molar-refractivity contribution >= 4 is 17.9 Å². The lowest BCUT2D eigenvalue weighted by Gasteiger charge is -2.02. The molecule has 6 nitrogen and oxygen atoms in total. The summed E-state index contributed by atoms with van der Waals surface area (Å²) in [5, 5.41) is 22.8. The molecule has 0 aliphatic carbocycles. The lowest BCUT2D eigenvalue weighted by atomic mass is 10.0. The molecule has 0 rings (SSSR count). The molecule has 0 saturated heterocycles. The van der Waals surface area contributed by atoms with Gasteiger partial charge in [-0.1, -0.05) is 123 Å². The van der Waals surface area contributed by atoms with Crippen LogP contribution in [0, 0.1) is 0 Å². The van der Waals surface area contributed by atoms with Gasteiger partial charge in [0.05, 0.1) is 0 Å². The molecule has 0 aromatic rings. The second-order valence-electron chi connectivity index (χ2n) is 6.87. The van der Waals surface area contributed by atoms with E-state index in [2.05, 4.69) is 33.6 Å². The summed E-state index contributed by atoms with van der Waals surface area (Å²) in [5.41, 5.74) is 0. The quantitative estimate of drug-likeness (QED) is 0.171. The molecule has 0 aromatic carbocycles. The maximum atomic E-state index is 9.25. The van der Waals surface area contributed by atoms with E-state index < -0.39 is 17.9 Å². The number of carboxylic acid groups (broad SMARTS) is 3. The minimum absolute atomic E-state index is 0.833. The van der Waals surface area contributed by atoms with Crippen LogP contribution < -0.4 is 0 Å². The zero-order valence-electron chi connectivity index (χ0n) is 19.8. The number of rotatable bonds is 16.